The van der Waals surface area contributed by atoms with Gasteiger partial charge in [0.1, 0.15) is 23.7 Å². The van der Waals surface area contributed by atoms with Crippen LogP contribution < -0.4 is 5.32 Å². The maximum atomic E-state index is 11.8. The predicted molar refractivity (Wildman–Crippen MR) is 108 cm³/mol. The summed E-state index contributed by atoms with van der Waals surface area (Å²) in [5, 5.41) is 5.56. The molecule has 0 saturated carbocycles. The minimum absolute atomic E-state index is 0.0934. The lowest BCUT2D eigenvalue weighted by Gasteiger charge is -2.09. The number of pyridine rings is 1. The zero-order valence-electron chi connectivity index (χ0n) is 15.4. The van der Waals surface area contributed by atoms with Gasteiger partial charge in [-0.05, 0) is 42.3 Å². The molecule has 4 aromatic rings. The molecule has 0 unspecified atom stereocenters. The van der Waals surface area contributed by atoms with Crippen LogP contribution >= 0.6 is 0 Å². The van der Waals surface area contributed by atoms with E-state index in [-0.39, 0.29) is 12.5 Å². The molecule has 0 radical (unpaired) electrons. The van der Waals surface area contributed by atoms with Crippen LogP contribution in [-0.2, 0) is 9.53 Å². The number of esters is 1. The number of anilines is 1. The summed E-state index contributed by atoms with van der Waals surface area (Å²) >= 11 is 0. The third-order valence-corrected chi connectivity index (χ3v) is 4.49. The van der Waals surface area contributed by atoms with Gasteiger partial charge in [0.05, 0.1) is 6.61 Å². The van der Waals surface area contributed by atoms with Gasteiger partial charge in [-0.15, -0.1) is 0 Å². The number of hydrogen-bond donors (Lipinski definition) is 1. The molecule has 0 aliphatic heterocycles. The highest BCUT2D eigenvalue weighted by molar-refractivity contribution is 5.89. The molecule has 0 bridgehead atoms. The Morgan fingerprint density at radius 2 is 1.93 bits per heavy atom. The SMILES string of the molecule is CCOC(=O)CNc1c(-c2ccc3ccccc3c2)nc2ccc(C)cn12. The first-order valence-corrected chi connectivity index (χ1v) is 9.03. The first-order valence-electron chi connectivity index (χ1n) is 9.03. The molecule has 2 aromatic heterocycles. The number of carbonyl (C=O) groups is 1. The number of fused-ring (bicyclic) bond motifs is 2. The summed E-state index contributed by atoms with van der Waals surface area (Å²) in [7, 11) is 0. The van der Waals surface area contributed by atoms with Crippen molar-refractivity contribution in [3.8, 4) is 11.3 Å². The van der Waals surface area contributed by atoms with Crippen molar-refractivity contribution in [1.82, 2.24) is 9.38 Å². The van der Waals surface area contributed by atoms with Crippen molar-refractivity contribution in [2.45, 2.75) is 13.8 Å². The van der Waals surface area contributed by atoms with Gasteiger partial charge in [0, 0.05) is 11.8 Å². The number of benzene rings is 2. The van der Waals surface area contributed by atoms with Crippen molar-refractivity contribution in [3.05, 3.63) is 66.4 Å². The molecule has 4 rings (SSSR count). The van der Waals surface area contributed by atoms with Crippen LogP contribution in [-0.4, -0.2) is 28.5 Å². The molecule has 5 heteroatoms. The van der Waals surface area contributed by atoms with Gasteiger partial charge < -0.3 is 10.1 Å². The number of nitrogens with zero attached hydrogens (tertiary/aromatic N) is 2. The highest BCUT2D eigenvalue weighted by Crippen LogP contribution is 2.31. The van der Waals surface area contributed by atoms with Crippen LogP contribution in [0.2, 0.25) is 0 Å². The van der Waals surface area contributed by atoms with Crippen molar-refractivity contribution in [2.24, 2.45) is 0 Å². The summed E-state index contributed by atoms with van der Waals surface area (Å²) in [6, 6.07) is 18.5. The van der Waals surface area contributed by atoms with E-state index in [2.05, 4.69) is 35.6 Å². The van der Waals surface area contributed by atoms with Gasteiger partial charge >= 0.3 is 5.97 Å². The molecule has 0 spiro atoms. The molecule has 0 aliphatic carbocycles. The Balaban J connectivity index is 1.82. The van der Waals surface area contributed by atoms with Crippen LogP contribution in [0.15, 0.2) is 60.8 Å². The molecular weight excluding hydrogens is 338 g/mol. The molecule has 5 nitrogen and oxygen atoms in total. The lowest BCUT2D eigenvalue weighted by Crippen LogP contribution is -2.17. The lowest BCUT2D eigenvalue weighted by atomic mass is 10.1. The largest absolute Gasteiger partial charge is 0.465 e. The Bertz CT molecular complexity index is 1130. The minimum atomic E-state index is -0.287. The zero-order chi connectivity index (χ0) is 18.8. The van der Waals surface area contributed by atoms with Crippen LogP contribution in [0.4, 0.5) is 5.82 Å². The highest BCUT2D eigenvalue weighted by atomic mass is 16.5. The van der Waals surface area contributed by atoms with E-state index >= 15 is 0 Å². The van der Waals surface area contributed by atoms with E-state index in [1.54, 1.807) is 6.92 Å². The van der Waals surface area contributed by atoms with Gasteiger partial charge in [0.25, 0.3) is 0 Å². The van der Waals surface area contributed by atoms with E-state index in [0.29, 0.717) is 6.61 Å². The van der Waals surface area contributed by atoms with Crippen LogP contribution in [0.3, 0.4) is 0 Å². The zero-order valence-corrected chi connectivity index (χ0v) is 15.4. The molecule has 0 fully saturated rings. The van der Waals surface area contributed by atoms with Crippen molar-refractivity contribution < 1.29 is 9.53 Å². The quantitative estimate of drug-likeness (QED) is 0.535. The first kappa shape index (κ1) is 17.1. The van der Waals surface area contributed by atoms with Gasteiger partial charge in [-0.25, -0.2) is 4.98 Å². The Morgan fingerprint density at radius 1 is 1.11 bits per heavy atom. The van der Waals surface area contributed by atoms with E-state index in [1.807, 2.05) is 41.8 Å². The Hall–Kier alpha value is -3.34. The second-order valence-electron chi connectivity index (χ2n) is 6.46. The van der Waals surface area contributed by atoms with Gasteiger partial charge in [-0.1, -0.05) is 42.5 Å². The number of hydrogen-bond acceptors (Lipinski definition) is 4. The molecule has 2 heterocycles. The number of imidazole rings is 1. The van der Waals surface area contributed by atoms with Crippen molar-refractivity contribution in [2.75, 3.05) is 18.5 Å². The number of ether oxygens (including phenoxy) is 1. The van der Waals surface area contributed by atoms with Gasteiger partial charge in [0.15, 0.2) is 0 Å². The van der Waals surface area contributed by atoms with Crippen LogP contribution in [0, 0.1) is 6.92 Å². The molecule has 0 aliphatic rings. The molecular formula is C22H21N3O2. The van der Waals surface area contributed by atoms with Crippen molar-refractivity contribution >= 4 is 28.2 Å². The molecule has 136 valence electrons. The monoisotopic (exact) mass is 359 g/mol. The third-order valence-electron chi connectivity index (χ3n) is 4.49. The average molecular weight is 359 g/mol. The van der Waals surface area contributed by atoms with Gasteiger partial charge in [-0.2, -0.15) is 0 Å². The summed E-state index contributed by atoms with van der Waals surface area (Å²) in [5.41, 5.74) is 3.76. The fourth-order valence-corrected chi connectivity index (χ4v) is 3.23. The molecule has 1 N–H and O–H groups in total. The van der Waals surface area contributed by atoms with Crippen LogP contribution in [0.25, 0.3) is 27.7 Å². The summed E-state index contributed by atoms with van der Waals surface area (Å²) in [5.74, 6) is 0.501. The number of nitrogens with one attached hydrogen (secondary N) is 1. The molecule has 0 saturated heterocycles. The molecule has 0 atom stereocenters. The van der Waals surface area contributed by atoms with E-state index in [0.717, 1.165) is 33.7 Å². The Morgan fingerprint density at radius 3 is 2.74 bits per heavy atom. The number of rotatable bonds is 5. The summed E-state index contributed by atoms with van der Waals surface area (Å²) in [6.07, 6.45) is 2.01. The Kier molecular flexibility index (Phi) is 4.50. The molecule has 2 aromatic carbocycles. The predicted octanol–water partition coefficient (Wildman–Crippen LogP) is 4.44. The highest BCUT2D eigenvalue weighted by Gasteiger charge is 2.16. The smallest absolute Gasteiger partial charge is 0.325 e. The topological polar surface area (TPSA) is 55.6 Å². The minimum Gasteiger partial charge on any atom is -0.465 e. The van der Waals surface area contributed by atoms with Crippen molar-refractivity contribution in [1.29, 1.82) is 0 Å². The molecule has 0 amide bonds. The van der Waals surface area contributed by atoms with Crippen LogP contribution in [0.5, 0.6) is 0 Å². The summed E-state index contributed by atoms with van der Waals surface area (Å²) < 4.78 is 7.03. The maximum Gasteiger partial charge on any atom is 0.325 e. The number of carbonyl (C=O) groups excluding carboxylic acids is 1. The van der Waals surface area contributed by atoms with Gasteiger partial charge in [0.2, 0.25) is 0 Å². The second-order valence-corrected chi connectivity index (χ2v) is 6.46. The molecule has 27 heavy (non-hydrogen) atoms. The fraction of sp³-hybridized carbons (Fsp3) is 0.182. The van der Waals surface area contributed by atoms with E-state index in [9.17, 15) is 4.79 Å². The Labute approximate surface area is 157 Å². The second kappa shape index (κ2) is 7.11. The van der Waals surface area contributed by atoms with E-state index in [4.69, 9.17) is 9.72 Å². The average Bonchev–Trinajstić information content (AvgIpc) is 3.04. The van der Waals surface area contributed by atoms with Crippen molar-refractivity contribution in [3.63, 3.8) is 0 Å². The summed E-state index contributed by atoms with van der Waals surface area (Å²) in [4.78, 5) is 16.7. The maximum absolute atomic E-state index is 11.8. The standard InChI is InChI=1S/C22H21N3O2/c1-3-27-20(26)13-23-22-21(24-19-11-8-15(2)14-25(19)22)18-10-9-16-6-4-5-7-17(16)12-18/h4-12,14,23H,3,13H2,1-2H3. The lowest BCUT2D eigenvalue weighted by molar-refractivity contribution is -0.140. The first-order chi connectivity index (χ1) is 13.2. The number of aromatic nitrogens is 2. The third kappa shape index (κ3) is 3.36. The normalized spacial score (nSPS) is 11.0. The van der Waals surface area contributed by atoms with E-state index < -0.39 is 0 Å². The van der Waals surface area contributed by atoms with Gasteiger partial charge in [-0.3, -0.25) is 9.20 Å². The summed E-state index contributed by atoms with van der Waals surface area (Å²) in [6.45, 7) is 4.29. The van der Waals surface area contributed by atoms with E-state index in [1.165, 1.54) is 5.39 Å². The number of aryl methyl sites for hydroxylation is 1. The van der Waals surface area contributed by atoms with Crippen LogP contribution in [0.1, 0.15) is 12.5 Å². The fourth-order valence-electron chi connectivity index (χ4n) is 3.23.